The first kappa shape index (κ1) is 16.9. The molecule has 0 aliphatic carbocycles. The first-order chi connectivity index (χ1) is 10.6. The maximum absolute atomic E-state index is 11.9. The SMILES string of the molecule is CSCC(=O)N1CCC(CNC(=O)Cc2cc(C)no2)CC1. The van der Waals surface area contributed by atoms with Crippen LogP contribution in [0.25, 0.3) is 0 Å². The zero-order valence-corrected chi connectivity index (χ0v) is 13.9. The van der Waals surface area contributed by atoms with E-state index in [1.54, 1.807) is 17.8 Å². The van der Waals surface area contributed by atoms with Gasteiger partial charge >= 0.3 is 0 Å². The molecule has 1 aromatic rings. The van der Waals surface area contributed by atoms with Crippen LogP contribution in [0.15, 0.2) is 10.6 Å². The molecule has 0 saturated carbocycles. The normalized spacial score (nSPS) is 15.8. The lowest BCUT2D eigenvalue weighted by atomic mass is 9.96. The number of thioether (sulfide) groups is 1. The molecule has 2 rings (SSSR count). The smallest absolute Gasteiger partial charge is 0.232 e. The van der Waals surface area contributed by atoms with Gasteiger partial charge in [0.15, 0.2) is 0 Å². The van der Waals surface area contributed by atoms with Crippen molar-refractivity contribution < 1.29 is 14.1 Å². The van der Waals surface area contributed by atoms with Crippen molar-refractivity contribution in [3.8, 4) is 0 Å². The van der Waals surface area contributed by atoms with E-state index in [-0.39, 0.29) is 18.2 Å². The number of aromatic nitrogens is 1. The highest BCUT2D eigenvalue weighted by atomic mass is 32.2. The molecule has 0 spiro atoms. The number of nitrogens with one attached hydrogen (secondary N) is 1. The van der Waals surface area contributed by atoms with Gasteiger partial charge in [0.1, 0.15) is 5.76 Å². The van der Waals surface area contributed by atoms with Crippen molar-refractivity contribution in [2.24, 2.45) is 5.92 Å². The molecule has 2 amide bonds. The second-order valence-electron chi connectivity index (χ2n) is 5.67. The van der Waals surface area contributed by atoms with Crippen LogP contribution in [0.3, 0.4) is 0 Å². The van der Waals surface area contributed by atoms with E-state index in [1.165, 1.54) is 0 Å². The summed E-state index contributed by atoms with van der Waals surface area (Å²) in [7, 11) is 0. The van der Waals surface area contributed by atoms with Gasteiger partial charge in [-0.05, 0) is 31.9 Å². The highest BCUT2D eigenvalue weighted by Gasteiger charge is 2.22. The van der Waals surface area contributed by atoms with Gasteiger partial charge in [-0.25, -0.2) is 0 Å². The number of amides is 2. The third-order valence-electron chi connectivity index (χ3n) is 3.83. The summed E-state index contributed by atoms with van der Waals surface area (Å²) in [6.45, 7) is 4.08. The first-order valence-corrected chi connectivity index (χ1v) is 8.93. The predicted molar refractivity (Wildman–Crippen MR) is 85.6 cm³/mol. The Morgan fingerprint density at radius 1 is 1.45 bits per heavy atom. The topological polar surface area (TPSA) is 75.4 Å². The number of likely N-dealkylation sites (tertiary alicyclic amines) is 1. The zero-order valence-electron chi connectivity index (χ0n) is 13.1. The minimum absolute atomic E-state index is 0.0444. The number of rotatable bonds is 6. The van der Waals surface area contributed by atoms with Crippen LogP contribution in [-0.2, 0) is 16.0 Å². The maximum Gasteiger partial charge on any atom is 0.232 e. The highest BCUT2D eigenvalue weighted by Crippen LogP contribution is 2.17. The number of hydrogen-bond acceptors (Lipinski definition) is 5. The van der Waals surface area contributed by atoms with Crippen molar-refractivity contribution in [2.75, 3.05) is 31.6 Å². The monoisotopic (exact) mass is 325 g/mol. The molecule has 22 heavy (non-hydrogen) atoms. The van der Waals surface area contributed by atoms with Gasteiger partial charge in [0, 0.05) is 25.7 Å². The average Bonchev–Trinajstić information content (AvgIpc) is 2.91. The number of piperidine rings is 1. The van der Waals surface area contributed by atoms with E-state index in [0.29, 0.717) is 24.0 Å². The standard InChI is InChI=1S/C15H23N3O3S/c1-11-7-13(21-17-11)8-14(19)16-9-12-3-5-18(6-4-12)15(20)10-22-2/h7,12H,3-6,8-10H2,1-2H3,(H,16,19). The van der Waals surface area contributed by atoms with Crippen molar-refractivity contribution in [1.82, 2.24) is 15.4 Å². The lowest BCUT2D eigenvalue weighted by Crippen LogP contribution is -2.42. The van der Waals surface area contributed by atoms with E-state index in [4.69, 9.17) is 4.52 Å². The molecule has 2 heterocycles. The summed E-state index contributed by atoms with van der Waals surface area (Å²) in [6, 6.07) is 1.77. The van der Waals surface area contributed by atoms with Gasteiger partial charge in [0.25, 0.3) is 0 Å². The number of carbonyl (C=O) groups is 2. The fourth-order valence-electron chi connectivity index (χ4n) is 2.58. The second-order valence-corrected chi connectivity index (χ2v) is 6.54. The van der Waals surface area contributed by atoms with Crippen molar-refractivity contribution in [2.45, 2.75) is 26.2 Å². The Kier molecular flexibility index (Phi) is 6.30. The quantitative estimate of drug-likeness (QED) is 0.852. The van der Waals surface area contributed by atoms with E-state index in [1.807, 2.05) is 18.1 Å². The Morgan fingerprint density at radius 2 is 2.18 bits per heavy atom. The van der Waals surface area contributed by atoms with Crippen LogP contribution in [0.5, 0.6) is 0 Å². The zero-order chi connectivity index (χ0) is 15.9. The molecular weight excluding hydrogens is 302 g/mol. The molecule has 1 N–H and O–H groups in total. The maximum atomic E-state index is 11.9. The molecule has 1 aliphatic rings. The summed E-state index contributed by atoms with van der Waals surface area (Å²) in [5, 5.41) is 6.71. The first-order valence-electron chi connectivity index (χ1n) is 7.54. The number of hydrogen-bond donors (Lipinski definition) is 1. The molecule has 0 radical (unpaired) electrons. The summed E-state index contributed by atoms with van der Waals surface area (Å²) in [5.74, 6) is 1.76. The summed E-state index contributed by atoms with van der Waals surface area (Å²) in [6.07, 6.45) is 4.06. The summed E-state index contributed by atoms with van der Waals surface area (Å²) < 4.78 is 5.03. The average molecular weight is 325 g/mol. The third-order valence-corrected chi connectivity index (χ3v) is 4.37. The molecule has 1 saturated heterocycles. The van der Waals surface area contributed by atoms with Gasteiger partial charge in [0.2, 0.25) is 11.8 Å². The lowest BCUT2D eigenvalue weighted by Gasteiger charge is -2.32. The van der Waals surface area contributed by atoms with Crippen LogP contribution < -0.4 is 5.32 Å². The van der Waals surface area contributed by atoms with E-state index >= 15 is 0 Å². The van der Waals surface area contributed by atoms with Crippen LogP contribution in [0.1, 0.15) is 24.3 Å². The molecule has 0 bridgehead atoms. The summed E-state index contributed by atoms with van der Waals surface area (Å²) in [5.41, 5.74) is 0.782. The van der Waals surface area contributed by atoms with E-state index in [2.05, 4.69) is 10.5 Å². The molecule has 0 unspecified atom stereocenters. The summed E-state index contributed by atoms with van der Waals surface area (Å²) in [4.78, 5) is 25.6. The predicted octanol–water partition coefficient (Wildman–Crippen LogP) is 1.24. The van der Waals surface area contributed by atoms with Crippen LogP contribution in [-0.4, -0.2) is 53.5 Å². The van der Waals surface area contributed by atoms with Crippen LogP contribution in [0, 0.1) is 12.8 Å². The van der Waals surface area contributed by atoms with Crippen molar-refractivity contribution >= 4 is 23.6 Å². The number of aryl methyl sites for hydroxylation is 1. The van der Waals surface area contributed by atoms with E-state index in [0.717, 1.165) is 31.6 Å². The van der Waals surface area contributed by atoms with Crippen molar-refractivity contribution in [3.63, 3.8) is 0 Å². The van der Waals surface area contributed by atoms with Crippen LogP contribution in [0.4, 0.5) is 0 Å². The Bertz CT molecular complexity index is 510. The largest absolute Gasteiger partial charge is 0.361 e. The van der Waals surface area contributed by atoms with Gasteiger partial charge in [-0.15, -0.1) is 0 Å². The van der Waals surface area contributed by atoms with Crippen molar-refractivity contribution in [3.05, 3.63) is 17.5 Å². The molecule has 6 nitrogen and oxygen atoms in total. The van der Waals surface area contributed by atoms with Gasteiger partial charge in [-0.3, -0.25) is 9.59 Å². The fourth-order valence-corrected chi connectivity index (χ4v) is 3.01. The fraction of sp³-hybridized carbons (Fsp3) is 0.667. The van der Waals surface area contributed by atoms with Crippen LogP contribution in [0.2, 0.25) is 0 Å². The Balaban J connectivity index is 1.66. The molecule has 7 heteroatoms. The van der Waals surface area contributed by atoms with Gasteiger partial charge in [0.05, 0.1) is 17.9 Å². The number of carbonyl (C=O) groups excluding carboxylic acids is 2. The Labute approximate surface area is 135 Å². The lowest BCUT2D eigenvalue weighted by molar-refractivity contribution is -0.130. The van der Waals surface area contributed by atoms with E-state index in [9.17, 15) is 9.59 Å². The molecule has 1 aromatic heterocycles. The molecule has 0 aromatic carbocycles. The molecule has 122 valence electrons. The molecule has 1 fully saturated rings. The highest BCUT2D eigenvalue weighted by molar-refractivity contribution is 7.99. The van der Waals surface area contributed by atoms with Crippen LogP contribution >= 0.6 is 11.8 Å². The van der Waals surface area contributed by atoms with Crippen molar-refractivity contribution in [1.29, 1.82) is 0 Å². The second kappa shape index (κ2) is 8.22. The van der Waals surface area contributed by atoms with Gasteiger partial charge < -0.3 is 14.7 Å². The Morgan fingerprint density at radius 3 is 2.77 bits per heavy atom. The minimum Gasteiger partial charge on any atom is -0.361 e. The number of nitrogens with zero attached hydrogens (tertiary/aromatic N) is 2. The molecule has 0 atom stereocenters. The third kappa shape index (κ3) is 5.05. The minimum atomic E-state index is -0.0444. The van der Waals surface area contributed by atoms with Gasteiger partial charge in [-0.2, -0.15) is 11.8 Å². The van der Waals surface area contributed by atoms with E-state index < -0.39 is 0 Å². The Hall–Kier alpha value is -1.50. The summed E-state index contributed by atoms with van der Waals surface area (Å²) >= 11 is 1.56. The molecular formula is C15H23N3O3S. The van der Waals surface area contributed by atoms with Gasteiger partial charge in [-0.1, -0.05) is 5.16 Å². The molecule has 1 aliphatic heterocycles.